The summed E-state index contributed by atoms with van der Waals surface area (Å²) >= 11 is 0. The van der Waals surface area contributed by atoms with E-state index in [0.29, 0.717) is 18.8 Å². The van der Waals surface area contributed by atoms with Crippen LogP contribution >= 0.6 is 0 Å². The molecule has 1 aromatic rings. The molecule has 0 atom stereocenters. The molecule has 12 heavy (non-hydrogen) atoms. The van der Waals surface area contributed by atoms with Crippen LogP contribution in [0.3, 0.4) is 0 Å². The summed E-state index contributed by atoms with van der Waals surface area (Å²) in [6.07, 6.45) is 0.381. The number of rotatable bonds is 3. The third-order valence-corrected chi connectivity index (χ3v) is 1.37. The molecule has 1 heterocycles. The number of nitrogens with one attached hydrogen (secondary N) is 1. The van der Waals surface area contributed by atoms with E-state index in [1.165, 1.54) is 4.80 Å². The minimum absolute atomic E-state index is 0.0232. The van der Waals surface area contributed by atoms with Crippen molar-refractivity contribution < 1.29 is 4.79 Å². The molecule has 0 spiro atoms. The topological polar surface area (TPSA) is 72.7 Å². The minimum Gasteiger partial charge on any atom is -0.359 e. The summed E-state index contributed by atoms with van der Waals surface area (Å²) < 4.78 is 0. The van der Waals surface area contributed by atoms with E-state index in [9.17, 15) is 4.79 Å². The third kappa shape index (κ3) is 2.30. The van der Waals surface area contributed by atoms with E-state index in [0.717, 1.165) is 0 Å². The molecule has 6 heteroatoms. The molecule has 0 unspecified atom stereocenters. The molecule has 0 aliphatic rings. The summed E-state index contributed by atoms with van der Waals surface area (Å²) in [5, 5.41) is 13.8. The molecule has 0 fully saturated rings. The van der Waals surface area contributed by atoms with Crippen molar-refractivity contribution in [2.45, 2.75) is 19.9 Å². The van der Waals surface area contributed by atoms with Crippen molar-refractivity contribution in [2.75, 3.05) is 7.05 Å². The zero-order valence-corrected chi connectivity index (χ0v) is 7.11. The Labute approximate surface area is 70.0 Å². The van der Waals surface area contributed by atoms with Gasteiger partial charge in [0.05, 0.1) is 6.54 Å². The standard InChI is InChI=1S/C6H11N5O/c1-5-8-10-11(9-5)4-3-6(12)7-2/h3-4H2,1-2H3,(H,7,12). The van der Waals surface area contributed by atoms with Gasteiger partial charge >= 0.3 is 0 Å². The fourth-order valence-electron chi connectivity index (χ4n) is 0.745. The molecule has 1 rings (SSSR count). The lowest BCUT2D eigenvalue weighted by atomic mass is 10.4. The summed E-state index contributed by atoms with van der Waals surface area (Å²) in [4.78, 5) is 12.2. The predicted octanol–water partition coefficient (Wildman–Crippen LogP) is -0.882. The number of nitrogens with zero attached hydrogens (tertiary/aromatic N) is 4. The van der Waals surface area contributed by atoms with Gasteiger partial charge in [-0.1, -0.05) is 0 Å². The molecular formula is C6H11N5O. The summed E-state index contributed by atoms with van der Waals surface area (Å²) in [5.41, 5.74) is 0. The van der Waals surface area contributed by atoms with Gasteiger partial charge in [-0.2, -0.15) is 4.80 Å². The SMILES string of the molecule is CNC(=O)CCn1nnc(C)n1. The first-order valence-corrected chi connectivity index (χ1v) is 3.67. The van der Waals surface area contributed by atoms with Gasteiger partial charge in [0.25, 0.3) is 0 Å². The highest BCUT2D eigenvalue weighted by Crippen LogP contribution is 1.86. The second kappa shape index (κ2) is 3.80. The maximum Gasteiger partial charge on any atom is 0.221 e. The Balaban J connectivity index is 2.38. The number of aromatic nitrogens is 4. The predicted molar refractivity (Wildman–Crippen MR) is 41.2 cm³/mol. The summed E-state index contributed by atoms with van der Waals surface area (Å²) in [6.45, 7) is 2.23. The number of tetrazole rings is 1. The molecular weight excluding hydrogens is 158 g/mol. The lowest BCUT2D eigenvalue weighted by Crippen LogP contribution is -2.20. The minimum atomic E-state index is -0.0232. The average Bonchev–Trinajstić information content (AvgIpc) is 2.47. The number of amides is 1. The molecule has 0 bridgehead atoms. The molecule has 1 aromatic heterocycles. The van der Waals surface area contributed by atoms with E-state index in [1.54, 1.807) is 14.0 Å². The van der Waals surface area contributed by atoms with E-state index in [2.05, 4.69) is 20.7 Å². The maximum absolute atomic E-state index is 10.8. The van der Waals surface area contributed by atoms with Crippen molar-refractivity contribution in [3.8, 4) is 0 Å². The monoisotopic (exact) mass is 169 g/mol. The fourth-order valence-corrected chi connectivity index (χ4v) is 0.745. The van der Waals surface area contributed by atoms with Gasteiger partial charge < -0.3 is 5.32 Å². The zero-order chi connectivity index (χ0) is 8.97. The molecule has 0 aliphatic carbocycles. The van der Waals surface area contributed by atoms with Crippen molar-refractivity contribution in [1.29, 1.82) is 0 Å². The molecule has 0 radical (unpaired) electrons. The first kappa shape index (κ1) is 8.63. The van der Waals surface area contributed by atoms with Gasteiger partial charge in [-0.3, -0.25) is 4.79 Å². The summed E-state index contributed by atoms with van der Waals surface area (Å²) in [5.74, 6) is 0.594. The second-order valence-corrected chi connectivity index (χ2v) is 2.36. The molecule has 1 N–H and O–H groups in total. The highest BCUT2D eigenvalue weighted by atomic mass is 16.1. The molecule has 0 aliphatic heterocycles. The largest absolute Gasteiger partial charge is 0.359 e. The van der Waals surface area contributed by atoms with E-state index in [-0.39, 0.29) is 5.91 Å². The van der Waals surface area contributed by atoms with Crippen molar-refractivity contribution >= 4 is 5.91 Å². The van der Waals surface area contributed by atoms with Crippen LogP contribution in [0, 0.1) is 6.92 Å². The smallest absolute Gasteiger partial charge is 0.221 e. The number of carbonyl (C=O) groups is 1. The van der Waals surface area contributed by atoms with Gasteiger partial charge in [0.1, 0.15) is 0 Å². The molecule has 66 valence electrons. The first-order valence-electron chi connectivity index (χ1n) is 3.67. The Morgan fingerprint density at radius 3 is 2.92 bits per heavy atom. The molecule has 1 amide bonds. The quantitative estimate of drug-likeness (QED) is 0.637. The molecule has 6 nitrogen and oxygen atoms in total. The van der Waals surface area contributed by atoms with Crippen molar-refractivity contribution in [2.24, 2.45) is 0 Å². The number of hydrogen-bond donors (Lipinski definition) is 1. The fraction of sp³-hybridized carbons (Fsp3) is 0.667. The molecule has 0 saturated heterocycles. The Bertz CT molecular complexity index is 269. The van der Waals surface area contributed by atoms with Gasteiger partial charge in [0, 0.05) is 13.5 Å². The van der Waals surface area contributed by atoms with Crippen LogP contribution in [0.15, 0.2) is 0 Å². The van der Waals surface area contributed by atoms with Gasteiger partial charge in [0.15, 0.2) is 5.82 Å². The Hall–Kier alpha value is -1.46. The van der Waals surface area contributed by atoms with Crippen LogP contribution in [0.2, 0.25) is 0 Å². The van der Waals surface area contributed by atoms with Gasteiger partial charge in [-0.25, -0.2) is 0 Å². The Kier molecular flexibility index (Phi) is 2.73. The van der Waals surface area contributed by atoms with E-state index >= 15 is 0 Å². The Morgan fingerprint density at radius 1 is 1.67 bits per heavy atom. The average molecular weight is 169 g/mol. The van der Waals surface area contributed by atoms with Crippen molar-refractivity contribution in [3.63, 3.8) is 0 Å². The highest BCUT2D eigenvalue weighted by molar-refractivity contribution is 5.75. The summed E-state index contributed by atoms with van der Waals surface area (Å²) in [6, 6.07) is 0. The van der Waals surface area contributed by atoms with E-state index < -0.39 is 0 Å². The van der Waals surface area contributed by atoms with Gasteiger partial charge in [0.2, 0.25) is 5.91 Å². The van der Waals surface area contributed by atoms with Crippen LogP contribution < -0.4 is 5.32 Å². The first-order chi connectivity index (χ1) is 5.72. The number of carbonyl (C=O) groups excluding carboxylic acids is 1. The van der Waals surface area contributed by atoms with Gasteiger partial charge in [-0.15, -0.1) is 10.2 Å². The Morgan fingerprint density at radius 2 is 2.42 bits per heavy atom. The van der Waals surface area contributed by atoms with E-state index in [1.807, 2.05) is 0 Å². The summed E-state index contributed by atoms with van der Waals surface area (Å²) in [7, 11) is 1.60. The van der Waals surface area contributed by atoms with Crippen LogP contribution in [0.25, 0.3) is 0 Å². The van der Waals surface area contributed by atoms with Crippen LogP contribution in [-0.2, 0) is 11.3 Å². The van der Waals surface area contributed by atoms with Crippen LogP contribution in [0.1, 0.15) is 12.2 Å². The lowest BCUT2D eigenvalue weighted by molar-refractivity contribution is -0.120. The molecule has 0 aromatic carbocycles. The zero-order valence-electron chi connectivity index (χ0n) is 7.11. The van der Waals surface area contributed by atoms with Crippen LogP contribution in [0.4, 0.5) is 0 Å². The van der Waals surface area contributed by atoms with Crippen molar-refractivity contribution in [3.05, 3.63) is 5.82 Å². The molecule has 0 saturated carbocycles. The maximum atomic E-state index is 10.8. The second-order valence-electron chi connectivity index (χ2n) is 2.36. The number of hydrogen-bond acceptors (Lipinski definition) is 4. The number of aryl methyl sites for hydroxylation is 2. The van der Waals surface area contributed by atoms with Crippen molar-refractivity contribution in [1.82, 2.24) is 25.5 Å². The lowest BCUT2D eigenvalue weighted by Gasteiger charge is -1.96. The van der Waals surface area contributed by atoms with Crippen LogP contribution in [0.5, 0.6) is 0 Å². The normalized spacial score (nSPS) is 9.83. The van der Waals surface area contributed by atoms with Gasteiger partial charge in [-0.05, 0) is 12.1 Å². The highest BCUT2D eigenvalue weighted by Gasteiger charge is 2.00. The van der Waals surface area contributed by atoms with E-state index in [4.69, 9.17) is 0 Å². The van der Waals surface area contributed by atoms with Crippen LogP contribution in [-0.4, -0.2) is 33.2 Å². The third-order valence-electron chi connectivity index (χ3n) is 1.37.